The van der Waals surface area contributed by atoms with Crippen molar-refractivity contribution in [1.82, 2.24) is 24.8 Å². The maximum Gasteiger partial charge on any atom is 0.167 e. The van der Waals surface area contributed by atoms with Crippen molar-refractivity contribution in [2.45, 2.75) is 43.8 Å². The lowest BCUT2D eigenvalue weighted by molar-refractivity contribution is -0.0530. The molecule has 9 nitrogen and oxygen atoms in total. The molecule has 2 fully saturated rings. The number of hydrogen-bond acceptors (Lipinski definition) is 8. The van der Waals surface area contributed by atoms with E-state index in [1.807, 2.05) is 0 Å². The summed E-state index contributed by atoms with van der Waals surface area (Å²) in [5.74, 6) is 0.461. The van der Waals surface area contributed by atoms with Gasteiger partial charge in [-0.2, -0.15) is 0 Å². The highest BCUT2D eigenvalue weighted by molar-refractivity contribution is 5.81. The van der Waals surface area contributed by atoms with Crippen molar-refractivity contribution >= 4 is 17.0 Å². The molecule has 2 aromatic heterocycles. The van der Waals surface area contributed by atoms with Gasteiger partial charge in [0.05, 0.1) is 6.33 Å². The van der Waals surface area contributed by atoms with Gasteiger partial charge < -0.3 is 26.0 Å². The quantitative estimate of drug-likeness (QED) is 0.534. The Kier molecular flexibility index (Phi) is 3.68. The van der Waals surface area contributed by atoms with Gasteiger partial charge >= 0.3 is 0 Å². The van der Waals surface area contributed by atoms with Crippen LogP contribution in [0.4, 0.5) is 5.82 Å². The van der Waals surface area contributed by atoms with Gasteiger partial charge in [0, 0.05) is 12.5 Å². The summed E-state index contributed by atoms with van der Waals surface area (Å²) in [7, 11) is 0. The van der Waals surface area contributed by atoms with Crippen LogP contribution < -0.4 is 11.1 Å². The first-order valence-electron chi connectivity index (χ1n) is 8.26. The van der Waals surface area contributed by atoms with Gasteiger partial charge in [-0.05, 0) is 19.4 Å². The maximum atomic E-state index is 10.5. The number of fused-ring (bicyclic) bond motifs is 1. The van der Waals surface area contributed by atoms with Crippen LogP contribution >= 0.6 is 0 Å². The summed E-state index contributed by atoms with van der Waals surface area (Å²) in [6, 6.07) is 0. The Morgan fingerprint density at radius 1 is 1.42 bits per heavy atom. The van der Waals surface area contributed by atoms with E-state index in [2.05, 4.69) is 27.2 Å². The number of imidazole rings is 1. The van der Waals surface area contributed by atoms with Crippen LogP contribution in [-0.2, 0) is 4.74 Å². The molecule has 2 aromatic rings. The van der Waals surface area contributed by atoms with Crippen molar-refractivity contribution in [1.29, 1.82) is 0 Å². The SMILES string of the molecule is CCCNC[C@H]1C[C@]12OC(n1cnc3c(N)ncnc31)[C@@H](O)C2O. The van der Waals surface area contributed by atoms with Gasteiger partial charge in [-0.15, -0.1) is 0 Å². The lowest BCUT2D eigenvalue weighted by Crippen LogP contribution is -2.35. The van der Waals surface area contributed by atoms with Gasteiger partial charge in [-0.3, -0.25) is 4.57 Å². The van der Waals surface area contributed by atoms with E-state index in [9.17, 15) is 10.2 Å². The summed E-state index contributed by atoms with van der Waals surface area (Å²) in [5.41, 5.74) is 6.05. The smallest absolute Gasteiger partial charge is 0.167 e. The highest BCUT2D eigenvalue weighted by atomic mass is 16.6. The molecule has 4 rings (SSSR count). The van der Waals surface area contributed by atoms with Crippen LogP contribution in [0.1, 0.15) is 26.0 Å². The molecular formula is C15H22N6O3. The minimum Gasteiger partial charge on any atom is -0.387 e. The second-order valence-corrected chi connectivity index (χ2v) is 6.59. The molecule has 2 aliphatic rings. The number of aromatic nitrogens is 4. The molecular weight excluding hydrogens is 312 g/mol. The highest BCUT2D eigenvalue weighted by Crippen LogP contribution is 2.57. The molecule has 1 saturated carbocycles. The van der Waals surface area contributed by atoms with Crippen LogP contribution in [0.5, 0.6) is 0 Å². The second kappa shape index (κ2) is 5.62. The molecule has 0 radical (unpaired) electrons. The van der Waals surface area contributed by atoms with E-state index in [1.54, 1.807) is 4.57 Å². The summed E-state index contributed by atoms with van der Waals surface area (Å²) in [6.45, 7) is 3.80. The maximum absolute atomic E-state index is 10.5. The summed E-state index contributed by atoms with van der Waals surface area (Å²) >= 11 is 0. The largest absolute Gasteiger partial charge is 0.387 e. The Labute approximate surface area is 138 Å². The van der Waals surface area contributed by atoms with Crippen molar-refractivity contribution in [2.75, 3.05) is 18.8 Å². The predicted molar refractivity (Wildman–Crippen MR) is 85.9 cm³/mol. The van der Waals surface area contributed by atoms with E-state index < -0.39 is 24.0 Å². The first-order chi connectivity index (χ1) is 11.6. The first-order valence-corrected chi connectivity index (χ1v) is 8.26. The molecule has 1 spiro atoms. The van der Waals surface area contributed by atoms with E-state index in [0.29, 0.717) is 11.2 Å². The summed E-state index contributed by atoms with van der Waals surface area (Å²) < 4.78 is 7.72. The number of nitrogens with one attached hydrogen (secondary N) is 1. The fourth-order valence-corrected chi connectivity index (χ4v) is 3.62. The fraction of sp³-hybridized carbons (Fsp3) is 0.667. The van der Waals surface area contributed by atoms with Crippen molar-refractivity contribution in [3.05, 3.63) is 12.7 Å². The average Bonchev–Trinajstić information content (AvgIpc) is 2.99. The zero-order chi connectivity index (χ0) is 16.9. The van der Waals surface area contributed by atoms with E-state index in [1.165, 1.54) is 12.7 Å². The Morgan fingerprint density at radius 3 is 3.04 bits per heavy atom. The molecule has 1 saturated heterocycles. The summed E-state index contributed by atoms with van der Waals surface area (Å²) in [4.78, 5) is 12.3. The zero-order valence-electron chi connectivity index (χ0n) is 13.5. The van der Waals surface area contributed by atoms with Crippen molar-refractivity contribution in [3.63, 3.8) is 0 Å². The molecule has 0 amide bonds. The van der Waals surface area contributed by atoms with Crippen LogP contribution in [0.2, 0.25) is 0 Å². The molecule has 0 aromatic carbocycles. The van der Waals surface area contributed by atoms with Gasteiger partial charge in [-0.1, -0.05) is 6.92 Å². The van der Waals surface area contributed by atoms with E-state index in [-0.39, 0.29) is 11.7 Å². The van der Waals surface area contributed by atoms with Gasteiger partial charge in [0.25, 0.3) is 0 Å². The van der Waals surface area contributed by atoms with E-state index >= 15 is 0 Å². The number of anilines is 1. The van der Waals surface area contributed by atoms with Gasteiger partial charge in [0.15, 0.2) is 17.7 Å². The molecule has 2 unspecified atom stereocenters. The average molecular weight is 334 g/mol. The number of hydrogen-bond donors (Lipinski definition) is 4. The summed E-state index contributed by atoms with van der Waals surface area (Å²) in [6.07, 6.45) is 1.91. The van der Waals surface area contributed by atoms with Gasteiger partial charge in [0.2, 0.25) is 0 Å². The van der Waals surface area contributed by atoms with Crippen LogP contribution in [0.3, 0.4) is 0 Å². The number of aliphatic hydroxyl groups excluding tert-OH is 2. The molecule has 0 bridgehead atoms. The molecule has 1 aliphatic heterocycles. The third-order valence-corrected chi connectivity index (χ3v) is 5.03. The number of nitrogens with two attached hydrogens (primary N) is 1. The Bertz CT molecular complexity index is 752. The Hall–Kier alpha value is -1.81. The molecule has 5 N–H and O–H groups in total. The van der Waals surface area contributed by atoms with Crippen LogP contribution in [0, 0.1) is 5.92 Å². The number of nitrogen functional groups attached to an aromatic ring is 1. The molecule has 1 aliphatic carbocycles. The topological polar surface area (TPSA) is 131 Å². The first kappa shape index (κ1) is 15.7. The molecule has 5 atom stereocenters. The highest BCUT2D eigenvalue weighted by Gasteiger charge is 2.68. The van der Waals surface area contributed by atoms with Crippen LogP contribution in [0.15, 0.2) is 12.7 Å². The summed E-state index contributed by atoms with van der Waals surface area (Å²) in [5, 5.41) is 24.4. The van der Waals surface area contributed by atoms with Crippen molar-refractivity contribution in [3.8, 4) is 0 Å². The van der Waals surface area contributed by atoms with Crippen LogP contribution in [0.25, 0.3) is 11.2 Å². The van der Waals surface area contributed by atoms with Crippen molar-refractivity contribution in [2.24, 2.45) is 5.92 Å². The third kappa shape index (κ3) is 2.20. The normalized spacial score (nSPS) is 35.1. The Morgan fingerprint density at radius 2 is 2.25 bits per heavy atom. The van der Waals surface area contributed by atoms with E-state index in [0.717, 1.165) is 25.9 Å². The molecule has 9 heteroatoms. The predicted octanol–water partition coefficient (Wildman–Crippen LogP) is -0.583. The van der Waals surface area contributed by atoms with E-state index in [4.69, 9.17) is 10.5 Å². The van der Waals surface area contributed by atoms with Gasteiger partial charge in [0.1, 0.15) is 29.7 Å². The molecule has 24 heavy (non-hydrogen) atoms. The number of rotatable bonds is 5. The standard InChI is InChI=1S/C15H22N6O3/c1-2-3-17-5-8-4-15(8)11(23)10(22)14(24-15)21-7-20-9-12(16)18-6-19-13(9)21/h6-8,10-11,14,17,22-23H,2-5H2,1H3,(H2,16,18,19)/t8-,10+,11?,14?,15+/m1/s1. The third-order valence-electron chi connectivity index (χ3n) is 5.03. The number of ether oxygens (including phenoxy) is 1. The fourth-order valence-electron chi connectivity index (χ4n) is 3.62. The molecule has 130 valence electrons. The second-order valence-electron chi connectivity index (χ2n) is 6.59. The van der Waals surface area contributed by atoms with Crippen LogP contribution in [-0.4, -0.2) is 60.6 Å². The Balaban J connectivity index is 1.58. The lowest BCUT2D eigenvalue weighted by atomic mass is 10.1. The minimum atomic E-state index is -1.05. The number of nitrogens with zero attached hydrogens (tertiary/aromatic N) is 4. The molecule has 3 heterocycles. The minimum absolute atomic E-state index is 0.188. The van der Waals surface area contributed by atoms with Crippen molar-refractivity contribution < 1.29 is 14.9 Å². The van der Waals surface area contributed by atoms with Gasteiger partial charge in [-0.25, -0.2) is 15.0 Å². The number of aliphatic hydroxyl groups is 2. The lowest BCUT2D eigenvalue weighted by Gasteiger charge is -2.16. The monoisotopic (exact) mass is 334 g/mol. The zero-order valence-corrected chi connectivity index (χ0v) is 13.5.